The molecule has 0 spiro atoms. The molecule has 1 saturated heterocycles. The number of benzene rings is 1. The average molecular weight is 287 g/mol. The van der Waals surface area contributed by atoms with Crippen molar-refractivity contribution in [1.82, 2.24) is 4.90 Å². The van der Waals surface area contributed by atoms with Crippen molar-refractivity contribution in [3.05, 3.63) is 34.7 Å². The van der Waals surface area contributed by atoms with E-state index >= 15 is 0 Å². The average Bonchev–Trinajstić information content (AvgIpc) is 2.47. The van der Waals surface area contributed by atoms with Gasteiger partial charge in [0, 0.05) is 47.9 Å². The molecule has 1 amide bonds. The van der Waals surface area contributed by atoms with Crippen LogP contribution in [0.2, 0.25) is 0 Å². The minimum absolute atomic E-state index is 0.209. The first kappa shape index (κ1) is 15.2. The molecule has 112 valence electrons. The summed E-state index contributed by atoms with van der Waals surface area (Å²) in [5.41, 5.74) is 9.78. The Hall–Kier alpha value is -2.20. The van der Waals surface area contributed by atoms with Crippen LogP contribution in [0.15, 0.2) is 29.4 Å². The van der Waals surface area contributed by atoms with Gasteiger partial charge in [0.15, 0.2) is 0 Å². The molecule has 1 aliphatic rings. The molecule has 1 heterocycles. The number of piperazine rings is 1. The Labute approximate surface area is 125 Å². The first-order valence-electron chi connectivity index (χ1n) is 7.11. The summed E-state index contributed by atoms with van der Waals surface area (Å²) < 4.78 is 0. The third-order valence-electron chi connectivity index (χ3n) is 3.58. The van der Waals surface area contributed by atoms with Gasteiger partial charge in [0.25, 0.3) is 0 Å². The van der Waals surface area contributed by atoms with Crippen molar-refractivity contribution in [1.29, 1.82) is 0 Å². The van der Waals surface area contributed by atoms with Gasteiger partial charge in [-0.2, -0.15) is 0 Å². The van der Waals surface area contributed by atoms with Crippen molar-refractivity contribution in [3.8, 4) is 0 Å². The predicted octanol–water partition coefficient (Wildman–Crippen LogP) is 3.32. The monoisotopic (exact) mass is 287 g/mol. The minimum atomic E-state index is -0.320. The van der Waals surface area contributed by atoms with Gasteiger partial charge in [0.05, 0.1) is 0 Å². The number of carbonyl (C=O) groups is 1. The van der Waals surface area contributed by atoms with Gasteiger partial charge in [-0.3, -0.25) is 4.79 Å². The molecule has 0 aliphatic carbocycles. The van der Waals surface area contributed by atoms with Crippen LogP contribution in [0.1, 0.15) is 20.8 Å². The zero-order chi connectivity index (χ0) is 15.5. The Kier molecular flexibility index (Phi) is 4.38. The Bertz CT molecular complexity index is 546. The quantitative estimate of drug-likeness (QED) is 0.475. The maximum Gasteiger partial charge on any atom is 0.228 e. The maximum atomic E-state index is 12.2. The van der Waals surface area contributed by atoms with E-state index in [9.17, 15) is 4.79 Å². The van der Waals surface area contributed by atoms with Gasteiger partial charge in [0.1, 0.15) is 0 Å². The second-order valence-electron chi connectivity index (χ2n) is 6.24. The highest BCUT2D eigenvalue weighted by Crippen LogP contribution is 2.23. The lowest BCUT2D eigenvalue weighted by Gasteiger charge is -2.38. The van der Waals surface area contributed by atoms with E-state index in [1.165, 1.54) is 0 Å². The second kappa shape index (κ2) is 6.06. The molecule has 1 aromatic carbocycles. The van der Waals surface area contributed by atoms with Crippen molar-refractivity contribution < 1.29 is 4.79 Å². The van der Waals surface area contributed by atoms with Gasteiger partial charge in [-0.25, -0.2) is 0 Å². The summed E-state index contributed by atoms with van der Waals surface area (Å²) >= 11 is 0. The highest BCUT2D eigenvalue weighted by Gasteiger charge is 2.29. The van der Waals surface area contributed by atoms with E-state index in [1.54, 1.807) is 0 Å². The largest absolute Gasteiger partial charge is 0.368 e. The molecule has 1 aliphatic heterocycles. The van der Waals surface area contributed by atoms with E-state index in [0.717, 1.165) is 31.9 Å². The Morgan fingerprint density at radius 1 is 1.14 bits per heavy atom. The number of hydrogen-bond acceptors (Lipinski definition) is 3. The summed E-state index contributed by atoms with van der Waals surface area (Å²) in [4.78, 5) is 19.2. The predicted molar refractivity (Wildman–Crippen MR) is 83.5 cm³/mol. The van der Waals surface area contributed by atoms with Crippen LogP contribution in [0.4, 0.5) is 11.4 Å². The molecule has 6 heteroatoms. The lowest BCUT2D eigenvalue weighted by atomic mass is 9.94. The number of anilines is 1. The van der Waals surface area contributed by atoms with Crippen LogP contribution in [-0.4, -0.2) is 37.0 Å². The van der Waals surface area contributed by atoms with E-state index in [2.05, 4.69) is 14.9 Å². The van der Waals surface area contributed by atoms with Crippen molar-refractivity contribution in [2.45, 2.75) is 20.8 Å². The van der Waals surface area contributed by atoms with Crippen molar-refractivity contribution in [3.63, 3.8) is 0 Å². The van der Waals surface area contributed by atoms with Crippen molar-refractivity contribution in [2.75, 3.05) is 31.1 Å². The summed E-state index contributed by atoms with van der Waals surface area (Å²) in [5, 5.41) is 3.56. The standard InChI is InChI=1S/C15H21N5O/c1-15(2,3)14(21)20-10-8-19(9-11-20)13-6-4-12(5-7-13)17-18-16/h4-7H,8-11H2,1-3H3. The molecule has 6 nitrogen and oxygen atoms in total. The van der Waals surface area contributed by atoms with Gasteiger partial charge < -0.3 is 9.80 Å². The van der Waals surface area contributed by atoms with Gasteiger partial charge in [-0.1, -0.05) is 38.0 Å². The Balaban J connectivity index is 1.97. The number of azide groups is 1. The summed E-state index contributed by atoms with van der Waals surface area (Å²) in [5.74, 6) is 0.209. The summed E-state index contributed by atoms with van der Waals surface area (Å²) in [7, 11) is 0. The number of rotatable bonds is 2. The highest BCUT2D eigenvalue weighted by atomic mass is 16.2. The van der Waals surface area contributed by atoms with Gasteiger partial charge in [-0.15, -0.1) is 0 Å². The van der Waals surface area contributed by atoms with Crippen LogP contribution in [0.5, 0.6) is 0 Å². The summed E-state index contributed by atoms with van der Waals surface area (Å²) in [6.45, 7) is 9.00. The van der Waals surface area contributed by atoms with E-state index in [-0.39, 0.29) is 11.3 Å². The van der Waals surface area contributed by atoms with E-state index < -0.39 is 0 Å². The molecule has 1 aromatic rings. The molecule has 21 heavy (non-hydrogen) atoms. The second-order valence-corrected chi connectivity index (χ2v) is 6.24. The third-order valence-corrected chi connectivity index (χ3v) is 3.58. The lowest BCUT2D eigenvalue weighted by molar-refractivity contribution is -0.139. The number of hydrogen-bond donors (Lipinski definition) is 0. The Morgan fingerprint density at radius 2 is 1.71 bits per heavy atom. The topological polar surface area (TPSA) is 72.3 Å². The van der Waals surface area contributed by atoms with Gasteiger partial charge in [-0.05, 0) is 17.7 Å². The van der Waals surface area contributed by atoms with Gasteiger partial charge in [0.2, 0.25) is 5.91 Å². The fraction of sp³-hybridized carbons (Fsp3) is 0.533. The van der Waals surface area contributed by atoms with Crippen LogP contribution >= 0.6 is 0 Å². The van der Waals surface area contributed by atoms with Crippen LogP contribution in [0.3, 0.4) is 0 Å². The number of carbonyl (C=O) groups excluding carboxylic acids is 1. The fourth-order valence-electron chi connectivity index (χ4n) is 2.42. The summed E-state index contributed by atoms with van der Waals surface area (Å²) in [6.07, 6.45) is 0. The SMILES string of the molecule is CC(C)(C)C(=O)N1CCN(c2ccc(N=[N+]=[N-])cc2)CC1. The zero-order valence-electron chi connectivity index (χ0n) is 12.8. The first-order valence-corrected chi connectivity index (χ1v) is 7.11. The molecule has 1 fully saturated rings. The van der Waals surface area contributed by atoms with Crippen molar-refractivity contribution >= 4 is 17.3 Å². The highest BCUT2D eigenvalue weighted by molar-refractivity contribution is 5.81. The molecule has 0 bridgehead atoms. The Morgan fingerprint density at radius 3 is 2.19 bits per heavy atom. The minimum Gasteiger partial charge on any atom is -0.368 e. The molecule has 0 N–H and O–H groups in total. The van der Waals surface area contributed by atoms with Gasteiger partial charge >= 0.3 is 0 Å². The maximum absolute atomic E-state index is 12.2. The molecule has 0 radical (unpaired) electrons. The van der Waals surface area contributed by atoms with Crippen LogP contribution in [0, 0.1) is 5.41 Å². The number of nitrogens with zero attached hydrogens (tertiary/aromatic N) is 5. The van der Waals surface area contributed by atoms with E-state index in [1.807, 2.05) is 49.9 Å². The molecule has 0 aromatic heterocycles. The normalized spacial score (nSPS) is 15.6. The first-order chi connectivity index (χ1) is 9.91. The van der Waals surface area contributed by atoms with E-state index in [4.69, 9.17) is 5.53 Å². The van der Waals surface area contributed by atoms with Crippen LogP contribution in [-0.2, 0) is 4.79 Å². The molecule has 0 atom stereocenters. The van der Waals surface area contributed by atoms with Crippen LogP contribution in [0.25, 0.3) is 10.4 Å². The van der Waals surface area contributed by atoms with Crippen LogP contribution < -0.4 is 4.90 Å². The molecular formula is C15H21N5O. The molecular weight excluding hydrogens is 266 g/mol. The summed E-state index contributed by atoms with van der Waals surface area (Å²) in [6, 6.07) is 7.51. The smallest absolute Gasteiger partial charge is 0.228 e. The molecule has 0 unspecified atom stereocenters. The third kappa shape index (κ3) is 3.67. The molecule has 0 saturated carbocycles. The zero-order valence-corrected chi connectivity index (χ0v) is 12.8. The molecule has 2 rings (SSSR count). The number of amides is 1. The van der Waals surface area contributed by atoms with E-state index in [0.29, 0.717) is 5.69 Å². The lowest BCUT2D eigenvalue weighted by Crippen LogP contribution is -2.51. The van der Waals surface area contributed by atoms with Crippen molar-refractivity contribution in [2.24, 2.45) is 10.5 Å². The fourth-order valence-corrected chi connectivity index (χ4v) is 2.42.